The fourth-order valence-corrected chi connectivity index (χ4v) is 2.71. The third-order valence-electron chi connectivity index (χ3n) is 3.98. The number of benzene rings is 3. The van der Waals surface area contributed by atoms with Gasteiger partial charge in [0.25, 0.3) is 5.91 Å². The number of para-hydroxylation sites is 2. The highest BCUT2D eigenvalue weighted by molar-refractivity contribution is 6.32. The summed E-state index contributed by atoms with van der Waals surface area (Å²) in [6.45, 7) is 2.47. The number of hydrogen-bond acceptors (Lipinski definition) is 4. The van der Waals surface area contributed by atoms with Crippen LogP contribution in [-0.2, 0) is 4.79 Å². The van der Waals surface area contributed by atoms with Crippen molar-refractivity contribution in [1.29, 1.82) is 0 Å². The van der Waals surface area contributed by atoms with Crippen LogP contribution in [0.4, 0.5) is 5.69 Å². The predicted octanol–water partition coefficient (Wildman–Crippen LogP) is 5.20. The summed E-state index contributed by atoms with van der Waals surface area (Å²) in [5.41, 5.74) is 0.617. The van der Waals surface area contributed by atoms with E-state index < -0.39 is 6.10 Å². The minimum atomic E-state index is -0.709. The first kappa shape index (κ1) is 20.6. The molecule has 0 saturated carbocycles. The van der Waals surface area contributed by atoms with Crippen LogP contribution in [0.25, 0.3) is 0 Å². The Morgan fingerprint density at radius 1 is 0.897 bits per heavy atom. The van der Waals surface area contributed by atoms with Gasteiger partial charge in [-0.1, -0.05) is 48.0 Å². The molecule has 1 unspecified atom stereocenters. The summed E-state index contributed by atoms with van der Waals surface area (Å²) >= 11 is 6.07. The first-order valence-corrected chi connectivity index (χ1v) is 9.62. The maximum atomic E-state index is 12.4. The molecule has 3 aromatic carbocycles. The van der Waals surface area contributed by atoms with E-state index in [1.54, 1.807) is 43.3 Å². The van der Waals surface area contributed by atoms with Crippen molar-refractivity contribution in [2.24, 2.45) is 0 Å². The molecule has 1 amide bonds. The molecule has 0 aliphatic rings. The maximum Gasteiger partial charge on any atom is 0.265 e. The second-order valence-electron chi connectivity index (χ2n) is 6.22. The lowest BCUT2D eigenvalue weighted by Crippen LogP contribution is -2.30. The molecule has 0 saturated heterocycles. The molecule has 150 valence electrons. The normalized spacial score (nSPS) is 11.4. The molecule has 0 aliphatic carbocycles. The molecular formula is C23H22ClNO4. The van der Waals surface area contributed by atoms with E-state index >= 15 is 0 Å². The van der Waals surface area contributed by atoms with Gasteiger partial charge in [0.1, 0.15) is 30.5 Å². The van der Waals surface area contributed by atoms with Gasteiger partial charge in [0, 0.05) is 11.8 Å². The van der Waals surface area contributed by atoms with Gasteiger partial charge in [-0.2, -0.15) is 0 Å². The summed E-state index contributed by atoms with van der Waals surface area (Å²) < 4.78 is 16.9. The van der Waals surface area contributed by atoms with Crippen LogP contribution in [-0.4, -0.2) is 25.2 Å². The molecule has 0 aromatic heterocycles. The van der Waals surface area contributed by atoms with Crippen LogP contribution in [0.3, 0.4) is 0 Å². The minimum absolute atomic E-state index is 0.283. The van der Waals surface area contributed by atoms with Crippen LogP contribution in [0.2, 0.25) is 5.02 Å². The van der Waals surface area contributed by atoms with Gasteiger partial charge >= 0.3 is 0 Å². The van der Waals surface area contributed by atoms with E-state index in [4.69, 9.17) is 25.8 Å². The van der Waals surface area contributed by atoms with Crippen molar-refractivity contribution in [2.75, 3.05) is 18.5 Å². The summed E-state index contributed by atoms with van der Waals surface area (Å²) in [6, 6.07) is 23.7. The lowest BCUT2D eigenvalue weighted by Gasteiger charge is -2.16. The van der Waals surface area contributed by atoms with E-state index in [1.165, 1.54) is 0 Å². The quantitative estimate of drug-likeness (QED) is 0.491. The van der Waals surface area contributed by atoms with Gasteiger partial charge in [0.05, 0.1) is 5.02 Å². The number of ether oxygens (including phenoxy) is 3. The number of rotatable bonds is 9. The Morgan fingerprint density at radius 2 is 1.55 bits per heavy atom. The number of carbonyl (C=O) groups excluding carboxylic acids is 1. The number of carbonyl (C=O) groups is 1. The van der Waals surface area contributed by atoms with Crippen molar-refractivity contribution < 1.29 is 19.0 Å². The maximum absolute atomic E-state index is 12.4. The number of nitrogens with one attached hydrogen (secondary N) is 1. The van der Waals surface area contributed by atoms with E-state index in [1.807, 2.05) is 42.5 Å². The van der Waals surface area contributed by atoms with E-state index in [9.17, 15) is 4.79 Å². The van der Waals surface area contributed by atoms with E-state index in [0.717, 1.165) is 5.75 Å². The zero-order valence-electron chi connectivity index (χ0n) is 16.0. The topological polar surface area (TPSA) is 56.8 Å². The first-order valence-electron chi connectivity index (χ1n) is 9.24. The highest BCUT2D eigenvalue weighted by Crippen LogP contribution is 2.24. The van der Waals surface area contributed by atoms with Crippen molar-refractivity contribution in [2.45, 2.75) is 13.0 Å². The smallest absolute Gasteiger partial charge is 0.265 e. The van der Waals surface area contributed by atoms with Gasteiger partial charge in [-0.25, -0.2) is 0 Å². The molecule has 0 heterocycles. The summed E-state index contributed by atoms with van der Waals surface area (Å²) in [6.07, 6.45) is -0.709. The molecule has 0 fully saturated rings. The Balaban J connectivity index is 1.48. The summed E-state index contributed by atoms with van der Waals surface area (Å²) in [5.74, 6) is 1.62. The average Bonchev–Trinajstić information content (AvgIpc) is 2.74. The molecule has 3 aromatic rings. The molecule has 6 heteroatoms. The van der Waals surface area contributed by atoms with Gasteiger partial charge in [0.15, 0.2) is 6.10 Å². The van der Waals surface area contributed by atoms with Gasteiger partial charge in [0.2, 0.25) is 0 Å². The van der Waals surface area contributed by atoms with Crippen LogP contribution in [0.1, 0.15) is 6.92 Å². The largest absolute Gasteiger partial charge is 0.490 e. The molecule has 3 rings (SSSR count). The molecule has 0 bridgehead atoms. The fraction of sp³-hybridized carbons (Fsp3) is 0.174. The Morgan fingerprint density at radius 3 is 2.31 bits per heavy atom. The summed E-state index contributed by atoms with van der Waals surface area (Å²) in [5, 5.41) is 3.28. The molecule has 0 spiro atoms. The zero-order valence-corrected chi connectivity index (χ0v) is 16.8. The molecule has 5 nitrogen and oxygen atoms in total. The predicted molar refractivity (Wildman–Crippen MR) is 114 cm³/mol. The summed E-state index contributed by atoms with van der Waals surface area (Å²) in [4.78, 5) is 12.4. The van der Waals surface area contributed by atoms with E-state index in [0.29, 0.717) is 35.4 Å². The SMILES string of the molecule is CC(Oc1ccccc1Cl)C(=O)Nc1cccc(OCCOc2ccccc2)c1. The van der Waals surface area contributed by atoms with Gasteiger partial charge in [-0.15, -0.1) is 0 Å². The zero-order chi connectivity index (χ0) is 20.5. The first-order chi connectivity index (χ1) is 14.1. The van der Waals surface area contributed by atoms with Crippen LogP contribution in [0, 0.1) is 0 Å². The third-order valence-corrected chi connectivity index (χ3v) is 4.29. The standard InChI is InChI=1S/C23H22ClNO4/c1-17(29-22-13-6-5-12-21(22)24)23(26)25-18-8-7-11-20(16-18)28-15-14-27-19-9-3-2-4-10-19/h2-13,16-17H,14-15H2,1H3,(H,25,26). The van der Waals surface area contributed by atoms with E-state index in [-0.39, 0.29) is 5.91 Å². The number of anilines is 1. The highest BCUT2D eigenvalue weighted by Gasteiger charge is 2.16. The van der Waals surface area contributed by atoms with Crippen molar-refractivity contribution in [1.82, 2.24) is 0 Å². The van der Waals surface area contributed by atoms with Crippen molar-refractivity contribution in [3.05, 3.63) is 83.9 Å². The number of hydrogen-bond donors (Lipinski definition) is 1. The van der Waals surface area contributed by atoms with Gasteiger partial charge < -0.3 is 19.5 Å². The van der Waals surface area contributed by atoms with Crippen LogP contribution in [0.15, 0.2) is 78.9 Å². The summed E-state index contributed by atoms with van der Waals surface area (Å²) in [7, 11) is 0. The second-order valence-corrected chi connectivity index (χ2v) is 6.62. The Kier molecular flexibility index (Phi) is 7.36. The molecular weight excluding hydrogens is 390 g/mol. The lowest BCUT2D eigenvalue weighted by molar-refractivity contribution is -0.122. The second kappa shape index (κ2) is 10.4. The third kappa shape index (κ3) is 6.43. The minimum Gasteiger partial charge on any atom is -0.490 e. The van der Waals surface area contributed by atoms with Crippen LogP contribution >= 0.6 is 11.6 Å². The fourth-order valence-electron chi connectivity index (χ4n) is 2.53. The van der Waals surface area contributed by atoms with Gasteiger partial charge in [-0.05, 0) is 43.3 Å². The number of amides is 1. The van der Waals surface area contributed by atoms with Crippen molar-refractivity contribution in [3.63, 3.8) is 0 Å². The van der Waals surface area contributed by atoms with Crippen LogP contribution in [0.5, 0.6) is 17.2 Å². The molecule has 1 N–H and O–H groups in total. The molecule has 29 heavy (non-hydrogen) atoms. The van der Waals surface area contributed by atoms with E-state index in [2.05, 4.69) is 5.32 Å². The lowest BCUT2D eigenvalue weighted by atomic mass is 10.2. The highest BCUT2D eigenvalue weighted by atomic mass is 35.5. The number of halogens is 1. The molecule has 1 atom stereocenters. The van der Waals surface area contributed by atoms with Crippen LogP contribution < -0.4 is 19.5 Å². The Hall–Kier alpha value is -3.18. The Labute approximate surface area is 175 Å². The van der Waals surface area contributed by atoms with Crippen molar-refractivity contribution in [3.8, 4) is 17.2 Å². The molecule has 0 aliphatic heterocycles. The Bertz CT molecular complexity index is 933. The van der Waals surface area contributed by atoms with Crippen molar-refractivity contribution >= 4 is 23.2 Å². The monoisotopic (exact) mass is 411 g/mol. The average molecular weight is 412 g/mol. The van der Waals surface area contributed by atoms with Gasteiger partial charge in [-0.3, -0.25) is 4.79 Å². The molecule has 0 radical (unpaired) electrons.